The molecule has 0 bridgehead atoms. The highest BCUT2D eigenvalue weighted by molar-refractivity contribution is 8.13. The van der Waals surface area contributed by atoms with Crippen LogP contribution in [-0.4, -0.2) is 40.3 Å². The number of thioether (sulfide) groups is 2. The highest BCUT2D eigenvalue weighted by atomic mass is 32.2. The molecule has 0 saturated carbocycles. The highest BCUT2D eigenvalue weighted by Gasteiger charge is 2.05. The molecule has 0 fully saturated rings. The lowest BCUT2D eigenvalue weighted by atomic mass is 10.1. The van der Waals surface area contributed by atoms with E-state index in [4.69, 9.17) is 5.73 Å². The number of amidine groups is 1. The van der Waals surface area contributed by atoms with Gasteiger partial charge >= 0.3 is 0 Å². The minimum atomic E-state index is 0.0769. The van der Waals surface area contributed by atoms with Gasteiger partial charge in [0.05, 0.1) is 17.5 Å². The number of nitrogens with two attached hydrogens (primary N) is 1. The Balaban J connectivity index is 3.07. The number of hydrogen-bond donors (Lipinski definition) is 2. The van der Waals surface area contributed by atoms with Crippen LogP contribution in [0.2, 0.25) is 0 Å². The van der Waals surface area contributed by atoms with Gasteiger partial charge in [-0.2, -0.15) is 10.2 Å². The molecule has 0 aromatic heterocycles. The summed E-state index contributed by atoms with van der Waals surface area (Å²) in [6.45, 7) is 3.79. The van der Waals surface area contributed by atoms with E-state index in [-0.39, 0.29) is 5.75 Å². The van der Waals surface area contributed by atoms with E-state index < -0.39 is 0 Å². The molecule has 0 aliphatic carbocycles. The van der Waals surface area contributed by atoms with Crippen LogP contribution in [-0.2, 0) is 0 Å². The Morgan fingerprint density at radius 3 is 2.14 bits per heavy atom. The fraction of sp³-hybridized carbons (Fsp3) is 0.286. The van der Waals surface area contributed by atoms with E-state index in [1.165, 1.54) is 36.0 Å². The molecule has 0 spiro atoms. The van der Waals surface area contributed by atoms with Crippen LogP contribution in [0.15, 0.2) is 32.5 Å². The summed E-state index contributed by atoms with van der Waals surface area (Å²) in [4.78, 5) is 0. The van der Waals surface area contributed by atoms with Crippen molar-refractivity contribution in [2.75, 3.05) is 12.5 Å². The Morgan fingerprint density at radius 1 is 1.09 bits per heavy atom. The Bertz CT molecular complexity index is 587. The van der Waals surface area contributed by atoms with Gasteiger partial charge in [0.2, 0.25) is 0 Å². The third-order valence-corrected chi connectivity index (χ3v) is 3.74. The van der Waals surface area contributed by atoms with E-state index in [9.17, 15) is 5.11 Å². The maximum atomic E-state index is 10.2. The topological polar surface area (TPSA) is 95.7 Å². The fourth-order valence-electron chi connectivity index (χ4n) is 1.43. The van der Waals surface area contributed by atoms with Crippen molar-refractivity contribution < 1.29 is 5.11 Å². The smallest absolute Gasteiger partial charge is 0.180 e. The normalized spacial score (nSPS) is 13.5. The predicted molar refractivity (Wildman–Crippen MR) is 99.8 cm³/mol. The Morgan fingerprint density at radius 2 is 1.64 bits per heavy atom. The van der Waals surface area contributed by atoms with Crippen LogP contribution in [0.3, 0.4) is 0 Å². The van der Waals surface area contributed by atoms with E-state index >= 15 is 0 Å². The second kappa shape index (κ2) is 9.26. The summed E-state index contributed by atoms with van der Waals surface area (Å²) in [6, 6.07) is 3.62. The van der Waals surface area contributed by atoms with Crippen LogP contribution >= 0.6 is 23.5 Å². The Hall–Kier alpha value is -1.80. The van der Waals surface area contributed by atoms with Gasteiger partial charge < -0.3 is 10.8 Å². The van der Waals surface area contributed by atoms with Crippen molar-refractivity contribution >= 4 is 46.2 Å². The quantitative estimate of drug-likeness (QED) is 0.501. The SMILES string of the molecule is CSC(C)=NN=Cc1cc(C)cc(/C=N/N=C(N)SC)c1O. The van der Waals surface area contributed by atoms with Gasteiger partial charge in [-0.25, -0.2) is 0 Å². The minimum Gasteiger partial charge on any atom is -0.507 e. The van der Waals surface area contributed by atoms with Gasteiger partial charge in [-0.1, -0.05) is 11.8 Å². The van der Waals surface area contributed by atoms with Crippen molar-refractivity contribution in [3.8, 4) is 5.75 Å². The first kappa shape index (κ1) is 18.2. The van der Waals surface area contributed by atoms with E-state index in [1.54, 1.807) is 6.07 Å². The van der Waals surface area contributed by atoms with Crippen LogP contribution in [0.1, 0.15) is 23.6 Å². The second-order valence-electron chi connectivity index (χ2n) is 4.25. The lowest BCUT2D eigenvalue weighted by Crippen LogP contribution is -2.04. The molecule has 22 heavy (non-hydrogen) atoms. The summed E-state index contributed by atoms with van der Waals surface area (Å²) >= 11 is 2.81. The molecular formula is C14H19N5OS2. The second-order valence-corrected chi connectivity index (χ2v) is 6.07. The number of aryl methyl sites for hydroxylation is 1. The molecule has 118 valence electrons. The summed E-state index contributed by atoms with van der Waals surface area (Å²) in [5, 5.41) is 27.0. The molecule has 6 nitrogen and oxygen atoms in total. The zero-order valence-corrected chi connectivity index (χ0v) is 14.6. The first-order valence-electron chi connectivity index (χ1n) is 6.33. The number of phenolic OH excluding ortho intramolecular Hbond substituents is 1. The first-order chi connectivity index (χ1) is 10.5. The highest BCUT2D eigenvalue weighted by Crippen LogP contribution is 2.22. The number of nitrogens with zero attached hydrogens (tertiary/aromatic N) is 4. The van der Waals surface area contributed by atoms with Crippen LogP contribution < -0.4 is 5.73 Å². The molecular weight excluding hydrogens is 318 g/mol. The molecule has 0 heterocycles. The van der Waals surface area contributed by atoms with Crippen molar-refractivity contribution in [3.05, 3.63) is 28.8 Å². The van der Waals surface area contributed by atoms with Gasteiger partial charge in [0, 0.05) is 11.1 Å². The molecule has 1 rings (SSSR count). The predicted octanol–water partition coefficient (Wildman–Crippen LogP) is 2.83. The summed E-state index contributed by atoms with van der Waals surface area (Å²) in [5.41, 5.74) is 7.62. The zero-order valence-electron chi connectivity index (χ0n) is 12.9. The van der Waals surface area contributed by atoms with Crippen LogP contribution in [0.25, 0.3) is 0 Å². The molecule has 0 aliphatic rings. The van der Waals surface area contributed by atoms with Crippen LogP contribution in [0, 0.1) is 6.92 Å². The first-order valence-corrected chi connectivity index (χ1v) is 8.78. The Labute approximate surface area is 138 Å². The number of benzene rings is 1. The molecule has 3 N–H and O–H groups in total. The summed E-state index contributed by atoms with van der Waals surface area (Å²) < 4.78 is 0. The van der Waals surface area contributed by atoms with Gasteiger partial charge in [-0.05, 0) is 44.1 Å². The van der Waals surface area contributed by atoms with Gasteiger partial charge in [0.1, 0.15) is 5.75 Å². The lowest BCUT2D eigenvalue weighted by Gasteiger charge is -2.04. The van der Waals surface area contributed by atoms with Crippen LogP contribution in [0.5, 0.6) is 5.75 Å². The average molecular weight is 337 g/mol. The number of phenols is 1. The zero-order chi connectivity index (χ0) is 16.5. The van der Waals surface area contributed by atoms with Crippen molar-refractivity contribution in [3.63, 3.8) is 0 Å². The molecule has 0 saturated heterocycles. The summed E-state index contributed by atoms with van der Waals surface area (Å²) in [7, 11) is 0. The molecule has 0 amide bonds. The van der Waals surface area contributed by atoms with E-state index in [2.05, 4.69) is 20.4 Å². The lowest BCUT2D eigenvalue weighted by molar-refractivity contribution is 0.473. The molecule has 0 atom stereocenters. The molecule has 0 unspecified atom stereocenters. The maximum Gasteiger partial charge on any atom is 0.180 e. The van der Waals surface area contributed by atoms with Crippen molar-refractivity contribution in [1.82, 2.24) is 0 Å². The van der Waals surface area contributed by atoms with Gasteiger partial charge in [-0.15, -0.1) is 22.0 Å². The molecule has 8 heteroatoms. The monoisotopic (exact) mass is 337 g/mol. The van der Waals surface area contributed by atoms with E-state index in [0.29, 0.717) is 16.3 Å². The fourth-order valence-corrected chi connectivity index (χ4v) is 1.69. The largest absolute Gasteiger partial charge is 0.507 e. The molecule has 0 aliphatic heterocycles. The molecule has 1 aromatic carbocycles. The minimum absolute atomic E-state index is 0.0769. The molecule has 0 radical (unpaired) electrons. The van der Waals surface area contributed by atoms with Crippen molar-refractivity contribution in [2.24, 2.45) is 26.1 Å². The van der Waals surface area contributed by atoms with Gasteiger partial charge in [0.15, 0.2) is 5.17 Å². The number of rotatable bonds is 4. The van der Waals surface area contributed by atoms with Gasteiger partial charge in [0.25, 0.3) is 0 Å². The summed E-state index contributed by atoms with van der Waals surface area (Å²) in [6.07, 6.45) is 6.70. The summed E-state index contributed by atoms with van der Waals surface area (Å²) in [5.74, 6) is 0.0769. The average Bonchev–Trinajstić information content (AvgIpc) is 2.50. The van der Waals surface area contributed by atoms with Crippen molar-refractivity contribution in [2.45, 2.75) is 13.8 Å². The third-order valence-electron chi connectivity index (χ3n) is 2.57. The maximum absolute atomic E-state index is 10.2. The number of aromatic hydroxyl groups is 1. The van der Waals surface area contributed by atoms with Crippen molar-refractivity contribution in [1.29, 1.82) is 0 Å². The van der Waals surface area contributed by atoms with E-state index in [0.717, 1.165) is 10.6 Å². The molecule has 1 aromatic rings. The van der Waals surface area contributed by atoms with Crippen LogP contribution in [0.4, 0.5) is 0 Å². The number of hydrogen-bond acceptors (Lipinski definition) is 7. The Kier molecular flexibility index (Phi) is 7.69. The van der Waals surface area contributed by atoms with Gasteiger partial charge in [-0.3, -0.25) is 0 Å². The standard InChI is InChI=1S/C14H19N5OS2/c1-9-5-11(7-16-18-10(2)21-3)13(20)12(6-9)8-17-19-14(15)22-4/h5-8,20H,1-4H3,(H2,15,19)/b16-7?,17-8+,18-10?. The third kappa shape index (κ3) is 5.90. The van der Waals surface area contributed by atoms with E-state index in [1.807, 2.05) is 32.4 Å².